The van der Waals surface area contributed by atoms with E-state index in [9.17, 15) is 0 Å². The lowest BCUT2D eigenvalue weighted by molar-refractivity contribution is 0.381. The van der Waals surface area contributed by atoms with E-state index in [1.54, 1.807) is 22.1 Å². The van der Waals surface area contributed by atoms with E-state index in [0.717, 1.165) is 0 Å². The summed E-state index contributed by atoms with van der Waals surface area (Å²) in [6, 6.07) is 11.9. The van der Waals surface area contributed by atoms with Gasteiger partial charge in [0.1, 0.15) is 0 Å². The lowest BCUT2D eigenvalue weighted by Crippen LogP contribution is -2.04. The average Bonchev–Trinajstić information content (AvgIpc) is 3.00. The van der Waals surface area contributed by atoms with Crippen molar-refractivity contribution >= 4 is 21.2 Å². The van der Waals surface area contributed by atoms with E-state index < -0.39 is 10.4 Å². The number of hydrogen-bond donors (Lipinski definition) is 2. The summed E-state index contributed by atoms with van der Waals surface area (Å²) in [7, 11) is -4.67. The molecule has 0 fully saturated rings. The summed E-state index contributed by atoms with van der Waals surface area (Å²) < 4.78 is 31.6. The monoisotopic (exact) mass is 646 g/mol. The number of hydrogen-bond acceptors (Lipinski definition) is 2. The van der Waals surface area contributed by atoms with Crippen LogP contribution in [0.4, 0.5) is 0 Å². The molecule has 0 aliphatic carbocycles. The van der Waals surface area contributed by atoms with Gasteiger partial charge in [-0.25, -0.2) is 0 Å². The minimum Gasteiger partial charge on any atom is -0.264 e. The van der Waals surface area contributed by atoms with Crippen molar-refractivity contribution in [3.05, 3.63) is 47.0 Å². The molecule has 0 saturated heterocycles. The van der Waals surface area contributed by atoms with Gasteiger partial charge in [-0.1, -0.05) is 186 Å². The molecule has 2 aromatic carbocycles. The fraction of sp³-hybridized carbons (Fsp3) is 0.750. The average molecular weight is 647 g/mol. The quantitative estimate of drug-likeness (QED) is 0.0748. The molecule has 0 aliphatic rings. The molecule has 5 heteroatoms. The van der Waals surface area contributed by atoms with Crippen LogP contribution in [0, 0.1) is 0 Å². The SMILES string of the molecule is CCCCCCCCCCc1cc2ccccc2c(CCCCCCCCCC)c1CCCCCCCCCC.O=S(=O)(O)O. The van der Waals surface area contributed by atoms with Crippen molar-refractivity contribution in [2.75, 3.05) is 0 Å². The van der Waals surface area contributed by atoms with Crippen LogP contribution in [0.1, 0.15) is 192 Å². The Morgan fingerprint density at radius 2 is 0.800 bits per heavy atom. The maximum absolute atomic E-state index is 8.74. The minimum absolute atomic E-state index is 1.28. The molecule has 2 aromatic rings. The van der Waals surface area contributed by atoms with Crippen LogP contribution in [0.5, 0.6) is 0 Å². The molecule has 0 radical (unpaired) electrons. The van der Waals surface area contributed by atoms with Crippen LogP contribution >= 0.6 is 0 Å². The summed E-state index contributed by atoms with van der Waals surface area (Å²) in [5.74, 6) is 0. The zero-order valence-electron chi connectivity index (χ0n) is 29.6. The van der Waals surface area contributed by atoms with Crippen molar-refractivity contribution < 1.29 is 17.5 Å². The predicted octanol–water partition coefficient (Wildman–Crippen LogP) is 13.2. The largest absolute Gasteiger partial charge is 0.394 e. The van der Waals surface area contributed by atoms with E-state index >= 15 is 0 Å². The molecule has 45 heavy (non-hydrogen) atoms. The zero-order chi connectivity index (χ0) is 33.0. The van der Waals surface area contributed by atoms with Gasteiger partial charge in [0, 0.05) is 0 Å². The first-order valence-corrected chi connectivity index (χ1v) is 20.4. The molecular formula is C40H70O4S. The highest BCUT2D eigenvalue weighted by molar-refractivity contribution is 7.79. The Balaban J connectivity index is 0.00000187. The number of aryl methyl sites for hydroxylation is 2. The lowest BCUT2D eigenvalue weighted by atomic mass is 9.86. The third-order valence-corrected chi connectivity index (χ3v) is 9.23. The van der Waals surface area contributed by atoms with Gasteiger partial charge < -0.3 is 0 Å². The highest BCUT2D eigenvalue weighted by Crippen LogP contribution is 2.31. The molecule has 2 rings (SSSR count). The number of unbranched alkanes of at least 4 members (excludes halogenated alkanes) is 21. The van der Waals surface area contributed by atoms with E-state index in [1.807, 2.05) is 0 Å². The molecule has 0 atom stereocenters. The third-order valence-electron chi connectivity index (χ3n) is 9.23. The summed E-state index contributed by atoms with van der Waals surface area (Å²) in [5, 5.41) is 3.05. The van der Waals surface area contributed by atoms with Crippen LogP contribution in [0.2, 0.25) is 0 Å². The summed E-state index contributed by atoms with van der Waals surface area (Å²) in [6.45, 7) is 6.95. The van der Waals surface area contributed by atoms with Gasteiger partial charge in [-0.15, -0.1) is 0 Å². The number of fused-ring (bicyclic) bond motifs is 1. The standard InChI is InChI=1S/C40H68.H2O4S/c1-4-7-10-13-16-19-22-25-30-36-35-37-31-28-29-33-39(37)40(34-27-24-21-18-15-12-9-6-3)38(36)32-26-23-20-17-14-11-8-5-2;1-5(2,3)4/h28-29,31,33,35H,4-27,30,32,34H2,1-3H3;(H2,1,2,3,4). The minimum atomic E-state index is -4.67. The fourth-order valence-corrected chi connectivity index (χ4v) is 6.67. The zero-order valence-corrected chi connectivity index (χ0v) is 30.4. The van der Waals surface area contributed by atoms with Crippen LogP contribution in [-0.4, -0.2) is 17.5 Å². The van der Waals surface area contributed by atoms with Gasteiger partial charge in [0.05, 0.1) is 0 Å². The maximum Gasteiger partial charge on any atom is 0.394 e. The van der Waals surface area contributed by atoms with E-state index in [2.05, 4.69) is 51.1 Å². The van der Waals surface area contributed by atoms with Gasteiger partial charge in [-0.05, 0) is 66.0 Å². The van der Waals surface area contributed by atoms with Crippen molar-refractivity contribution in [3.63, 3.8) is 0 Å². The van der Waals surface area contributed by atoms with Crippen molar-refractivity contribution in [2.45, 2.75) is 194 Å². The second kappa shape index (κ2) is 27.7. The van der Waals surface area contributed by atoms with Gasteiger partial charge >= 0.3 is 10.4 Å². The molecule has 0 bridgehead atoms. The van der Waals surface area contributed by atoms with Crippen molar-refractivity contribution in [3.8, 4) is 0 Å². The van der Waals surface area contributed by atoms with Gasteiger partial charge in [0.15, 0.2) is 0 Å². The molecule has 0 aromatic heterocycles. The molecule has 0 heterocycles. The molecule has 0 spiro atoms. The molecule has 2 N–H and O–H groups in total. The van der Waals surface area contributed by atoms with Crippen LogP contribution in [0.3, 0.4) is 0 Å². The second-order valence-electron chi connectivity index (χ2n) is 13.3. The first-order chi connectivity index (χ1) is 21.8. The Bertz CT molecular complexity index is 1070. The van der Waals surface area contributed by atoms with Crippen molar-refractivity contribution in [1.29, 1.82) is 0 Å². The summed E-state index contributed by atoms with van der Waals surface area (Å²) in [4.78, 5) is 0. The maximum atomic E-state index is 8.74. The van der Waals surface area contributed by atoms with Crippen LogP contribution in [0.25, 0.3) is 10.8 Å². The normalized spacial score (nSPS) is 11.6. The van der Waals surface area contributed by atoms with Crippen LogP contribution < -0.4 is 0 Å². The lowest BCUT2D eigenvalue weighted by Gasteiger charge is -2.19. The van der Waals surface area contributed by atoms with E-state index in [0.29, 0.717) is 0 Å². The molecule has 0 unspecified atom stereocenters. The van der Waals surface area contributed by atoms with E-state index in [1.165, 1.54) is 179 Å². The topological polar surface area (TPSA) is 74.6 Å². The van der Waals surface area contributed by atoms with E-state index in [4.69, 9.17) is 17.5 Å². The molecule has 0 aliphatic heterocycles. The molecular weight excluding hydrogens is 577 g/mol. The Morgan fingerprint density at radius 1 is 0.467 bits per heavy atom. The van der Waals surface area contributed by atoms with Crippen molar-refractivity contribution in [1.82, 2.24) is 0 Å². The first-order valence-electron chi connectivity index (χ1n) is 19.0. The predicted molar refractivity (Wildman–Crippen MR) is 197 cm³/mol. The highest BCUT2D eigenvalue weighted by Gasteiger charge is 2.13. The Morgan fingerprint density at radius 3 is 1.22 bits per heavy atom. The second-order valence-corrected chi connectivity index (χ2v) is 14.2. The Hall–Kier alpha value is -1.43. The Kier molecular flexibility index (Phi) is 25.6. The fourth-order valence-electron chi connectivity index (χ4n) is 6.67. The molecule has 260 valence electrons. The van der Waals surface area contributed by atoms with Gasteiger partial charge in [-0.2, -0.15) is 8.42 Å². The van der Waals surface area contributed by atoms with Crippen molar-refractivity contribution in [2.24, 2.45) is 0 Å². The van der Waals surface area contributed by atoms with Crippen LogP contribution in [-0.2, 0) is 29.7 Å². The first kappa shape index (κ1) is 41.6. The van der Waals surface area contributed by atoms with Gasteiger partial charge in [-0.3, -0.25) is 9.11 Å². The van der Waals surface area contributed by atoms with Gasteiger partial charge in [0.25, 0.3) is 0 Å². The molecule has 0 amide bonds. The van der Waals surface area contributed by atoms with Crippen LogP contribution in [0.15, 0.2) is 30.3 Å². The van der Waals surface area contributed by atoms with Gasteiger partial charge in [0.2, 0.25) is 0 Å². The number of benzene rings is 2. The smallest absolute Gasteiger partial charge is 0.264 e. The number of rotatable bonds is 27. The summed E-state index contributed by atoms with van der Waals surface area (Å²) >= 11 is 0. The highest BCUT2D eigenvalue weighted by atomic mass is 32.3. The third kappa shape index (κ3) is 22.7. The summed E-state index contributed by atoms with van der Waals surface area (Å²) in [5.41, 5.74) is 5.18. The molecule has 0 saturated carbocycles. The summed E-state index contributed by atoms with van der Waals surface area (Å²) in [6.07, 6.45) is 37.7. The Labute approximate surface area is 279 Å². The molecule has 4 nitrogen and oxygen atoms in total. The van der Waals surface area contributed by atoms with E-state index in [-0.39, 0.29) is 0 Å².